The van der Waals surface area contributed by atoms with Gasteiger partial charge in [0.25, 0.3) is 5.69 Å². The third-order valence-electron chi connectivity index (χ3n) is 2.67. The summed E-state index contributed by atoms with van der Waals surface area (Å²) in [6, 6.07) is 10.1. The summed E-state index contributed by atoms with van der Waals surface area (Å²) < 4.78 is 27.3. The molecule has 0 aliphatic carbocycles. The number of nitrogens with one attached hydrogen (secondary N) is 1. The largest absolute Gasteiger partial charge is 0.283 e. The molecule has 0 heterocycles. The zero-order valence-electron chi connectivity index (χ0n) is 11.0. The topological polar surface area (TPSA) is 89.3 Å². The number of sulfonamides is 1. The van der Waals surface area contributed by atoms with Gasteiger partial charge >= 0.3 is 0 Å². The minimum Gasteiger partial charge on any atom is -0.283 e. The Morgan fingerprint density at radius 1 is 1.23 bits per heavy atom. The molecule has 6 nitrogen and oxygen atoms in total. The normalized spacial score (nSPS) is 11.2. The molecule has 0 aliphatic heterocycles. The summed E-state index contributed by atoms with van der Waals surface area (Å²) in [6.45, 7) is 0. The Bertz CT molecular complexity index is 827. The Labute approximate surface area is 140 Å². The van der Waals surface area contributed by atoms with Crippen molar-refractivity contribution < 1.29 is 13.3 Å². The summed E-state index contributed by atoms with van der Waals surface area (Å²) in [6.07, 6.45) is 0. The summed E-state index contributed by atoms with van der Waals surface area (Å²) >= 11 is 9.11. The SMILES string of the molecule is O=[N+]([O-])c1cccc(CS(=O)(=O)Nc2ccc(Br)c(Cl)c2)c1. The van der Waals surface area contributed by atoms with Crippen LogP contribution >= 0.6 is 27.5 Å². The number of nitro benzene ring substituents is 1. The van der Waals surface area contributed by atoms with E-state index in [1.807, 2.05) is 0 Å². The van der Waals surface area contributed by atoms with Gasteiger partial charge in [0, 0.05) is 16.6 Å². The zero-order chi connectivity index (χ0) is 16.3. The number of benzene rings is 2. The molecule has 0 aromatic heterocycles. The summed E-state index contributed by atoms with van der Waals surface area (Å²) in [4.78, 5) is 10.1. The second kappa shape index (κ2) is 6.64. The van der Waals surface area contributed by atoms with Crippen molar-refractivity contribution in [1.29, 1.82) is 0 Å². The highest BCUT2D eigenvalue weighted by molar-refractivity contribution is 9.10. The number of hydrogen-bond donors (Lipinski definition) is 1. The molecular formula is C13H10BrClN2O4S. The standard InChI is InChI=1S/C13H10BrClN2O4S/c14-12-5-4-10(7-13(12)15)16-22(20,21)8-9-2-1-3-11(6-9)17(18)19/h1-7,16H,8H2. The molecule has 0 amide bonds. The van der Waals surface area contributed by atoms with Crippen molar-refractivity contribution in [3.8, 4) is 0 Å². The molecule has 1 N–H and O–H groups in total. The molecule has 2 rings (SSSR count). The quantitative estimate of drug-likeness (QED) is 0.602. The van der Waals surface area contributed by atoms with E-state index in [4.69, 9.17) is 11.6 Å². The van der Waals surface area contributed by atoms with E-state index in [0.717, 1.165) is 0 Å². The maximum absolute atomic E-state index is 12.1. The first-order valence-corrected chi connectivity index (χ1v) is 8.78. The molecule has 0 aliphatic rings. The van der Waals surface area contributed by atoms with E-state index in [2.05, 4.69) is 20.7 Å². The van der Waals surface area contributed by atoms with E-state index >= 15 is 0 Å². The molecule has 0 atom stereocenters. The lowest BCUT2D eigenvalue weighted by Gasteiger charge is -2.09. The molecule has 0 radical (unpaired) electrons. The number of hydrogen-bond acceptors (Lipinski definition) is 4. The van der Waals surface area contributed by atoms with Gasteiger partial charge in [-0.05, 0) is 39.7 Å². The molecule has 22 heavy (non-hydrogen) atoms. The van der Waals surface area contributed by atoms with Crippen LogP contribution in [0.5, 0.6) is 0 Å². The Hall–Kier alpha value is -1.64. The highest BCUT2D eigenvalue weighted by Crippen LogP contribution is 2.26. The molecule has 0 spiro atoms. The fraction of sp³-hybridized carbons (Fsp3) is 0.0769. The van der Waals surface area contributed by atoms with Crippen molar-refractivity contribution >= 4 is 48.9 Å². The van der Waals surface area contributed by atoms with Crippen molar-refractivity contribution in [1.82, 2.24) is 0 Å². The first-order chi connectivity index (χ1) is 10.3. The molecule has 0 unspecified atom stereocenters. The van der Waals surface area contributed by atoms with Gasteiger partial charge in [-0.25, -0.2) is 8.42 Å². The number of anilines is 1. The monoisotopic (exact) mass is 404 g/mol. The van der Waals surface area contributed by atoms with Crippen LogP contribution in [0.4, 0.5) is 11.4 Å². The Balaban J connectivity index is 2.19. The molecule has 0 saturated heterocycles. The lowest BCUT2D eigenvalue weighted by molar-refractivity contribution is -0.384. The minimum absolute atomic E-state index is 0.153. The van der Waals surface area contributed by atoms with Crippen LogP contribution in [0.2, 0.25) is 5.02 Å². The molecule has 2 aromatic carbocycles. The van der Waals surface area contributed by atoms with Gasteiger partial charge in [0.05, 0.1) is 21.4 Å². The van der Waals surface area contributed by atoms with Crippen LogP contribution in [-0.4, -0.2) is 13.3 Å². The zero-order valence-corrected chi connectivity index (χ0v) is 14.2. The summed E-state index contributed by atoms with van der Waals surface area (Å²) in [7, 11) is -3.71. The van der Waals surface area contributed by atoms with Crippen LogP contribution in [-0.2, 0) is 15.8 Å². The van der Waals surface area contributed by atoms with Crippen LogP contribution < -0.4 is 4.72 Å². The van der Waals surface area contributed by atoms with Gasteiger partial charge in [0.15, 0.2) is 0 Å². The predicted molar refractivity (Wildman–Crippen MR) is 88.5 cm³/mol. The molecule has 116 valence electrons. The van der Waals surface area contributed by atoms with Crippen LogP contribution in [0.1, 0.15) is 5.56 Å². The summed E-state index contributed by atoms with van der Waals surface area (Å²) in [5, 5.41) is 11.1. The highest BCUT2D eigenvalue weighted by atomic mass is 79.9. The van der Waals surface area contributed by atoms with E-state index < -0.39 is 14.9 Å². The second-order valence-electron chi connectivity index (χ2n) is 4.42. The Morgan fingerprint density at radius 2 is 1.95 bits per heavy atom. The third-order valence-corrected chi connectivity index (χ3v) is 5.16. The van der Waals surface area contributed by atoms with Gasteiger partial charge in [-0.15, -0.1) is 0 Å². The van der Waals surface area contributed by atoms with Crippen LogP contribution in [0.3, 0.4) is 0 Å². The first kappa shape index (κ1) is 16.7. The number of halogens is 2. The second-order valence-corrected chi connectivity index (χ2v) is 7.40. The van der Waals surface area contributed by atoms with E-state index in [-0.39, 0.29) is 11.4 Å². The lowest BCUT2D eigenvalue weighted by Crippen LogP contribution is -2.15. The maximum atomic E-state index is 12.1. The van der Waals surface area contributed by atoms with Crippen LogP contribution in [0.25, 0.3) is 0 Å². The molecule has 2 aromatic rings. The van der Waals surface area contributed by atoms with E-state index in [1.165, 1.54) is 30.3 Å². The van der Waals surface area contributed by atoms with Crippen molar-refractivity contribution in [3.05, 3.63) is 67.6 Å². The fourth-order valence-electron chi connectivity index (χ4n) is 1.75. The van der Waals surface area contributed by atoms with Crippen LogP contribution in [0, 0.1) is 10.1 Å². The predicted octanol–water partition coefficient (Wildman–Crippen LogP) is 3.95. The van der Waals surface area contributed by atoms with Crippen molar-refractivity contribution in [2.45, 2.75) is 5.75 Å². The number of nitrogens with zero attached hydrogens (tertiary/aromatic N) is 1. The van der Waals surface area contributed by atoms with Gasteiger partial charge in [0.1, 0.15) is 0 Å². The van der Waals surface area contributed by atoms with E-state index in [1.54, 1.807) is 12.1 Å². The number of rotatable bonds is 5. The molecule has 0 bridgehead atoms. The number of non-ortho nitro benzene ring substituents is 1. The smallest absolute Gasteiger partial charge is 0.269 e. The lowest BCUT2D eigenvalue weighted by atomic mass is 10.2. The fourth-order valence-corrected chi connectivity index (χ4v) is 3.36. The summed E-state index contributed by atoms with van der Waals surface area (Å²) in [5.41, 5.74) is 0.489. The van der Waals surface area contributed by atoms with Gasteiger partial charge in [0.2, 0.25) is 10.0 Å². The van der Waals surface area contributed by atoms with Crippen LogP contribution in [0.15, 0.2) is 46.9 Å². The Kier molecular flexibility index (Phi) is 5.05. The molecule has 0 fully saturated rings. The highest BCUT2D eigenvalue weighted by Gasteiger charge is 2.15. The average molecular weight is 406 g/mol. The molecular weight excluding hydrogens is 396 g/mol. The van der Waals surface area contributed by atoms with Gasteiger partial charge in [-0.1, -0.05) is 23.7 Å². The third kappa shape index (κ3) is 4.43. The van der Waals surface area contributed by atoms with Crippen molar-refractivity contribution in [3.63, 3.8) is 0 Å². The Morgan fingerprint density at radius 3 is 2.59 bits per heavy atom. The van der Waals surface area contributed by atoms with E-state index in [0.29, 0.717) is 20.7 Å². The van der Waals surface area contributed by atoms with Gasteiger partial charge < -0.3 is 0 Å². The van der Waals surface area contributed by atoms with Crippen molar-refractivity contribution in [2.75, 3.05) is 4.72 Å². The minimum atomic E-state index is -3.71. The summed E-state index contributed by atoms with van der Waals surface area (Å²) in [5.74, 6) is -0.373. The van der Waals surface area contributed by atoms with Gasteiger partial charge in [-0.3, -0.25) is 14.8 Å². The molecule has 0 saturated carbocycles. The first-order valence-electron chi connectivity index (χ1n) is 5.96. The van der Waals surface area contributed by atoms with Crippen molar-refractivity contribution in [2.24, 2.45) is 0 Å². The average Bonchev–Trinajstić information content (AvgIpc) is 2.42. The van der Waals surface area contributed by atoms with Gasteiger partial charge in [-0.2, -0.15) is 0 Å². The molecule has 9 heteroatoms. The number of nitro groups is 1. The maximum Gasteiger partial charge on any atom is 0.269 e. The van der Waals surface area contributed by atoms with E-state index in [9.17, 15) is 18.5 Å².